The van der Waals surface area contributed by atoms with Crippen LogP contribution < -0.4 is 0 Å². The zero-order valence-corrected chi connectivity index (χ0v) is 7.57. The Balaban J connectivity index is 1.84. The number of rotatable bonds is 3. The first-order valence-electron chi connectivity index (χ1n) is 4.80. The lowest BCUT2D eigenvalue weighted by atomic mass is 10.1. The van der Waals surface area contributed by atoms with E-state index in [9.17, 15) is 4.39 Å². The van der Waals surface area contributed by atoms with Gasteiger partial charge in [0.2, 0.25) is 0 Å². The first-order valence-corrected chi connectivity index (χ1v) is 4.80. The predicted molar refractivity (Wildman–Crippen MR) is 48.5 cm³/mol. The maximum absolute atomic E-state index is 13.1. The number of hydrogen-bond acceptors (Lipinski definition) is 0. The molecule has 0 N–H and O–H groups in total. The predicted octanol–water partition coefficient (Wildman–Crippen LogP) is 3.75. The van der Waals surface area contributed by atoms with Crippen molar-refractivity contribution in [2.45, 2.75) is 39.0 Å². The zero-order chi connectivity index (χ0) is 8.55. The fourth-order valence-corrected chi connectivity index (χ4v) is 1.78. The van der Waals surface area contributed by atoms with Crippen LogP contribution in [0.15, 0.2) is 23.0 Å². The van der Waals surface area contributed by atoms with Gasteiger partial charge in [0, 0.05) is 0 Å². The van der Waals surface area contributed by atoms with E-state index in [1.807, 2.05) is 6.92 Å². The van der Waals surface area contributed by atoms with E-state index in [0.717, 1.165) is 24.3 Å². The fraction of sp³-hybridized carbons (Fsp3) is 0.636. The molecule has 0 aromatic rings. The molecule has 66 valence electrons. The lowest BCUT2D eigenvalue weighted by Crippen LogP contribution is -1.84. The van der Waals surface area contributed by atoms with Crippen molar-refractivity contribution in [3.63, 3.8) is 0 Å². The van der Waals surface area contributed by atoms with Crippen LogP contribution in [0, 0.1) is 5.92 Å². The monoisotopic (exact) mass is 166 g/mol. The Morgan fingerprint density at radius 2 is 2.25 bits per heavy atom. The van der Waals surface area contributed by atoms with Crippen molar-refractivity contribution < 1.29 is 4.39 Å². The number of hydrogen-bond donors (Lipinski definition) is 0. The Kier molecular flexibility index (Phi) is 2.03. The van der Waals surface area contributed by atoms with Crippen molar-refractivity contribution >= 4 is 0 Å². The molecule has 0 aromatic heterocycles. The van der Waals surface area contributed by atoms with Gasteiger partial charge in [0.25, 0.3) is 0 Å². The van der Waals surface area contributed by atoms with Gasteiger partial charge in [-0.25, -0.2) is 4.39 Å². The summed E-state index contributed by atoms with van der Waals surface area (Å²) in [6, 6.07) is 0. The molecule has 0 atom stereocenters. The molecule has 0 bridgehead atoms. The average molecular weight is 166 g/mol. The Bertz CT molecular complexity index is 244. The Morgan fingerprint density at radius 3 is 2.75 bits per heavy atom. The van der Waals surface area contributed by atoms with E-state index < -0.39 is 0 Å². The van der Waals surface area contributed by atoms with Crippen LogP contribution in [-0.4, -0.2) is 0 Å². The van der Waals surface area contributed by atoms with E-state index in [2.05, 4.69) is 0 Å². The Morgan fingerprint density at radius 1 is 1.50 bits per heavy atom. The standard InChI is InChI=1S/C11H15F/c1-8-6-10(11(12)7-8)5-4-9-2-3-9/h7,9H,2-6H2,1H3. The van der Waals surface area contributed by atoms with Crippen LogP contribution in [-0.2, 0) is 0 Å². The largest absolute Gasteiger partial charge is 0.207 e. The molecule has 0 aliphatic heterocycles. The molecule has 0 nitrogen and oxygen atoms in total. The summed E-state index contributed by atoms with van der Waals surface area (Å²) in [6.07, 6.45) is 7.53. The van der Waals surface area contributed by atoms with Crippen molar-refractivity contribution in [2.24, 2.45) is 5.92 Å². The minimum absolute atomic E-state index is 0.0492. The summed E-state index contributed by atoms with van der Waals surface area (Å²) in [6.45, 7) is 2.00. The maximum atomic E-state index is 13.1. The van der Waals surface area contributed by atoms with Crippen LogP contribution >= 0.6 is 0 Å². The van der Waals surface area contributed by atoms with Gasteiger partial charge >= 0.3 is 0 Å². The van der Waals surface area contributed by atoms with Crippen molar-refractivity contribution in [2.75, 3.05) is 0 Å². The minimum Gasteiger partial charge on any atom is -0.207 e. The van der Waals surface area contributed by atoms with Crippen molar-refractivity contribution in [3.05, 3.63) is 23.0 Å². The van der Waals surface area contributed by atoms with E-state index in [4.69, 9.17) is 0 Å². The highest BCUT2D eigenvalue weighted by atomic mass is 19.1. The second kappa shape index (κ2) is 3.04. The summed E-state index contributed by atoms with van der Waals surface area (Å²) < 4.78 is 13.1. The van der Waals surface area contributed by atoms with Gasteiger partial charge in [0.05, 0.1) is 0 Å². The van der Waals surface area contributed by atoms with Gasteiger partial charge < -0.3 is 0 Å². The van der Waals surface area contributed by atoms with Gasteiger partial charge in [-0.2, -0.15) is 0 Å². The smallest absolute Gasteiger partial charge is 0.122 e. The van der Waals surface area contributed by atoms with Crippen LogP contribution in [0.1, 0.15) is 39.0 Å². The first kappa shape index (κ1) is 8.03. The quantitative estimate of drug-likeness (QED) is 0.599. The van der Waals surface area contributed by atoms with Crippen LogP contribution in [0.3, 0.4) is 0 Å². The van der Waals surface area contributed by atoms with E-state index in [1.54, 1.807) is 6.08 Å². The Hall–Kier alpha value is -0.590. The molecule has 2 rings (SSSR count). The maximum Gasteiger partial charge on any atom is 0.122 e. The van der Waals surface area contributed by atoms with Crippen LogP contribution in [0.4, 0.5) is 4.39 Å². The van der Waals surface area contributed by atoms with Crippen LogP contribution in [0.2, 0.25) is 0 Å². The third-order valence-electron chi connectivity index (χ3n) is 2.75. The van der Waals surface area contributed by atoms with Gasteiger partial charge in [-0.15, -0.1) is 0 Å². The summed E-state index contributed by atoms with van der Waals surface area (Å²) in [5.41, 5.74) is 2.22. The normalized spacial score (nSPS) is 23.3. The molecule has 1 heteroatoms. The van der Waals surface area contributed by atoms with Crippen LogP contribution in [0.25, 0.3) is 0 Å². The number of halogens is 1. The topological polar surface area (TPSA) is 0 Å². The van der Waals surface area contributed by atoms with Crippen molar-refractivity contribution in [1.82, 2.24) is 0 Å². The summed E-state index contributed by atoms with van der Waals surface area (Å²) in [5.74, 6) is 0.972. The van der Waals surface area contributed by atoms with E-state index in [1.165, 1.54) is 24.8 Å². The summed E-state index contributed by atoms with van der Waals surface area (Å²) in [5, 5.41) is 0. The molecule has 1 fully saturated rings. The van der Waals surface area contributed by atoms with Gasteiger partial charge in [-0.1, -0.05) is 18.4 Å². The minimum atomic E-state index is 0.0492. The lowest BCUT2D eigenvalue weighted by Gasteiger charge is -2.01. The van der Waals surface area contributed by atoms with E-state index >= 15 is 0 Å². The SMILES string of the molecule is CC1=CC(F)=C(CCC2CC2)C1. The average Bonchev–Trinajstić information content (AvgIpc) is 2.76. The van der Waals surface area contributed by atoms with Crippen molar-refractivity contribution in [1.29, 1.82) is 0 Å². The van der Waals surface area contributed by atoms with E-state index in [0.29, 0.717) is 0 Å². The van der Waals surface area contributed by atoms with Gasteiger partial charge in [0.1, 0.15) is 5.83 Å². The molecule has 0 radical (unpaired) electrons. The second-order valence-electron chi connectivity index (χ2n) is 4.10. The Labute approximate surface area is 73.2 Å². The molecule has 0 heterocycles. The zero-order valence-electron chi connectivity index (χ0n) is 7.57. The second-order valence-corrected chi connectivity index (χ2v) is 4.10. The molecule has 0 unspecified atom stereocenters. The molecule has 0 spiro atoms. The van der Waals surface area contributed by atoms with Crippen molar-refractivity contribution in [3.8, 4) is 0 Å². The summed E-state index contributed by atoms with van der Waals surface area (Å²) in [4.78, 5) is 0. The molecule has 0 aromatic carbocycles. The highest BCUT2D eigenvalue weighted by Gasteiger charge is 2.22. The van der Waals surface area contributed by atoms with Gasteiger partial charge in [0.15, 0.2) is 0 Å². The third-order valence-corrected chi connectivity index (χ3v) is 2.75. The fourth-order valence-electron chi connectivity index (χ4n) is 1.78. The molecule has 0 saturated heterocycles. The van der Waals surface area contributed by atoms with Crippen LogP contribution in [0.5, 0.6) is 0 Å². The van der Waals surface area contributed by atoms with E-state index in [-0.39, 0.29) is 5.83 Å². The first-order chi connectivity index (χ1) is 5.75. The molecule has 0 amide bonds. The van der Waals surface area contributed by atoms with Gasteiger partial charge in [-0.3, -0.25) is 0 Å². The molecular weight excluding hydrogens is 151 g/mol. The molecule has 2 aliphatic rings. The molecular formula is C11H15F. The summed E-state index contributed by atoms with van der Waals surface area (Å²) in [7, 11) is 0. The molecule has 12 heavy (non-hydrogen) atoms. The highest BCUT2D eigenvalue weighted by Crippen LogP contribution is 2.37. The number of allylic oxidation sites excluding steroid dienone is 4. The van der Waals surface area contributed by atoms with Gasteiger partial charge in [-0.05, 0) is 43.8 Å². The highest BCUT2D eigenvalue weighted by molar-refractivity contribution is 5.33. The lowest BCUT2D eigenvalue weighted by molar-refractivity contribution is 0.632. The third kappa shape index (κ3) is 1.77. The summed E-state index contributed by atoms with van der Waals surface area (Å²) >= 11 is 0. The molecule has 1 saturated carbocycles. The molecule has 2 aliphatic carbocycles.